The number of benzene rings is 1. The highest BCUT2D eigenvalue weighted by Crippen LogP contribution is 2.21. The Kier molecular flexibility index (Phi) is 6.01. The number of carbonyl (C=O) groups excluding carboxylic acids is 1. The molecule has 2 rings (SSSR count). The van der Waals surface area contributed by atoms with Gasteiger partial charge in [0.15, 0.2) is 0 Å². The van der Waals surface area contributed by atoms with Crippen molar-refractivity contribution in [3.8, 4) is 0 Å². The zero-order chi connectivity index (χ0) is 17.9. The van der Waals surface area contributed by atoms with Crippen LogP contribution in [0.2, 0.25) is 0 Å². The molecule has 1 aliphatic heterocycles. The molecule has 0 aromatic heterocycles. The number of amides is 1. The minimum Gasteiger partial charge on any atom is -0.337 e. The molecule has 1 amide bonds. The Morgan fingerprint density at radius 1 is 1.29 bits per heavy atom. The molecule has 2 N–H and O–H groups in total. The number of hydrogen-bond acceptors (Lipinski definition) is 4. The summed E-state index contributed by atoms with van der Waals surface area (Å²) < 4.78 is 27.7. The minimum atomic E-state index is -3.61. The van der Waals surface area contributed by atoms with Crippen LogP contribution < -0.4 is 10.0 Å². The number of piperazine rings is 1. The lowest BCUT2D eigenvalue weighted by molar-refractivity contribution is -0.133. The third-order valence-corrected chi connectivity index (χ3v) is 6.09. The molecule has 1 saturated heterocycles. The average Bonchev–Trinajstić information content (AvgIpc) is 2.45. The maximum atomic E-state index is 12.6. The van der Waals surface area contributed by atoms with Crippen molar-refractivity contribution in [1.29, 1.82) is 0 Å². The Labute approximate surface area is 144 Å². The molecule has 1 heterocycles. The smallest absolute Gasteiger partial charge is 0.241 e. The summed E-state index contributed by atoms with van der Waals surface area (Å²) in [5, 5.41) is 3.23. The molecule has 1 atom stereocenters. The topological polar surface area (TPSA) is 78.5 Å². The molecule has 0 aliphatic carbocycles. The van der Waals surface area contributed by atoms with Gasteiger partial charge in [0.1, 0.15) is 0 Å². The molecule has 1 unspecified atom stereocenters. The lowest BCUT2D eigenvalue weighted by atomic mass is 10.1. The number of carbonyl (C=O) groups is 1. The molecule has 134 valence electrons. The van der Waals surface area contributed by atoms with Crippen LogP contribution in [0.3, 0.4) is 0 Å². The second kappa shape index (κ2) is 7.63. The monoisotopic (exact) mass is 353 g/mol. The summed E-state index contributed by atoms with van der Waals surface area (Å²) >= 11 is 0. The van der Waals surface area contributed by atoms with E-state index in [0.29, 0.717) is 11.4 Å². The average molecular weight is 353 g/mol. The maximum Gasteiger partial charge on any atom is 0.241 e. The molecule has 1 fully saturated rings. The zero-order valence-electron chi connectivity index (χ0n) is 14.8. The van der Waals surface area contributed by atoms with Gasteiger partial charge in [-0.25, -0.2) is 13.1 Å². The fourth-order valence-electron chi connectivity index (χ4n) is 3.31. The van der Waals surface area contributed by atoms with E-state index in [1.807, 2.05) is 30.9 Å². The standard InChI is InChI=1S/C17H27N3O3S/c1-12-9-13(2)17(14(3)10-12)24(22,23)19-6-5-16(21)20-8-7-18-11-15(20)4/h9-10,15,18-19H,5-8,11H2,1-4H3. The maximum absolute atomic E-state index is 12.6. The van der Waals surface area contributed by atoms with Crippen molar-refractivity contribution in [3.63, 3.8) is 0 Å². The first kappa shape index (κ1) is 18.9. The van der Waals surface area contributed by atoms with Crippen LogP contribution in [0.1, 0.15) is 30.0 Å². The van der Waals surface area contributed by atoms with E-state index < -0.39 is 10.0 Å². The quantitative estimate of drug-likeness (QED) is 0.831. The van der Waals surface area contributed by atoms with Gasteiger partial charge in [-0.3, -0.25) is 4.79 Å². The molecule has 1 aromatic rings. The van der Waals surface area contributed by atoms with Crippen molar-refractivity contribution in [2.45, 2.75) is 45.1 Å². The summed E-state index contributed by atoms with van der Waals surface area (Å²) in [6, 6.07) is 3.86. The van der Waals surface area contributed by atoms with Crippen LogP contribution in [-0.4, -0.2) is 51.4 Å². The zero-order valence-corrected chi connectivity index (χ0v) is 15.7. The van der Waals surface area contributed by atoms with Gasteiger partial charge in [-0.15, -0.1) is 0 Å². The third-order valence-electron chi connectivity index (χ3n) is 4.33. The van der Waals surface area contributed by atoms with E-state index in [-0.39, 0.29) is 24.9 Å². The van der Waals surface area contributed by atoms with E-state index in [1.54, 1.807) is 13.8 Å². The largest absolute Gasteiger partial charge is 0.337 e. The molecule has 1 aromatic carbocycles. The van der Waals surface area contributed by atoms with Gasteiger partial charge in [0.05, 0.1) is 4.90 Å². The van der Waals surface area contributed by atoms with Crippen LogP contribution in [0.5, 0.6) is 0 Å². The molecule has 0 radical (unpaired) electrons. The van der Waals surface area contributed by atoms with E-state index >= 15 is 0 Å². The third kappa shape index (κ3) is 4.34. The number of nitrogens with one attached hydrogen (secondary N) is 2. The van der Waals surface area contributed by atoms with Crippen molar-refractivity contribution in [3.05, 3.63) is 28.8 Å². The molecule has 0 bridgehead atoms. The van der Waals surface area contributed by atoms with Crippen molar-refractivity contribution in [2.75, 3.05) is 26.2 Å². The predicted molar refractivity (Wildman–Crippen MR) is 94.5 cm³/mol. The summed E-state index contributed by atoms with van der Waals surface area (Å²) in [6.45, 7) is 9.87. The summed E-state index contributed by atoms with van der Waals surface area (Å²) in [7, 11) is -3.61. The Hall–Kier alpha value is -1.44. The number of hydrogen-bond donors (Lipinski definition) is 2. The van der Waals surface area contributed by atoms with Gasteiger partial charge >= 0.3 is 0 Å². The van der Waals surface area contributed by atoms with Crippen LogP contribution in [-0.2, 0) is 14.8 Å². The Morgan fingerprint density at radius 3 is 2.50 bits per heavy atom. The number of aryl methyl sites for hydroxylation is 3. The van der Waals surface area contributed by atoms with E-state index in [1.165, 1.54) is 0 Å². The molecule has 1 aliphatic rings. The molecule has 6 nitrogen and oxygen atoms in total. The normalized spacial score (nSPS) is 18.7. The molecular weight excluding hydrogens is 326 g/mol. The second-order valence-corrected chi connectivity index (χ2v) is 8.22. The van der Waals surface area contributed by atoms with E-state index in [0.717, 1.165) is 29.8 Å². The molecule has 0 saturated carbocycles. The highest BCUT2D eigenvalue weighted by Gasteiger charge is 2.24. The van der Waals surface area contributed by atoms with Crippen molar-refractivity contribution in [2.24, 2.45) is 0 Å². The number of rotatable bonds is 5. The first-order valence-electron chi connectivity index (χ1n) is 8.30. The molecule has 7 heteroatoms. The first-order valence-corrected chi connectivity index (χ1v) is 9.78. The van der Waals surface area contributed by atoms with Crippen LogP contribution in [0, 0.1) is 20.8 Å². The number of nitrogens with zero attached hydrogens (tertiary/aromatic N) is 1. The Morgan fingerprint density at radius 2 is 1.92 bits per heavy atom. The lowest BCUT2D eigenvalue weighted by Gasteiger charge is -2.34. The fourth-order valence-corrected chi connectivity index (χ4v) is 4.79. The van der Waals surface area contributed by atoms with Gasteiger partial charge < -0.3 is 10.2 Å². The molecular formula is C17H27N3O3S. The number of sulfonamides is 1. The van der Waals surface area contributed by atoms with Crippen LogP contribution in [0.4, 0.5) is 0 Å². The minimum absolute atomic E-state index is 0.0101. The predicted octanol–water partition coefficient (Wildman–Crippen LogP) is 1.10. The first-order chi connectivity index (χ1) is 11.2. The fraction of sp³-hybridized carbons (Fsp3) is 0.588. The lowest BCUT2D eigenvalue weighted by Crippen LogP contribution is -2.52. The van der Waals surface area contributed by atoms with Crippen molar-refractivity contribution < 1.29 is 13.2 Å². The van der Waals surface area contributed by atoms with E-state index in [9.17, 15) is 13.2 Å². The van der Waals surface area contributed by atoms with Gasteiger partial charge in [-0.2, -0.15) is 0 Å². The van der Waals surface area contributed by atoms with Gasteiger partial charge in [0, 0.05) is 38.6 Å². The van der Waals surface area contributed by atoms with Crippen LogP contribution >= 0.6 is 0 Å². The van der Waals surface area contributed by atoms with E-state index in [2.05, 4.69) is 10.0 Å². The highest BCUT2D eigenvalue weighted by atomic mass is 32.2. The van der Waals surface area contributed by atoms with Crippen molar-refractivity contribution >= 4 is 15.9 Å². The highest BCUT2D eigenvalue weighted by molar-refractivity contribution is 7.89. The van der Waals surface area contributed by atoms with Crippen LogP contribution in [0.15, 0.2) is 17.0 Å². The van der Waals surface area contributed by atoms with Crippen LogP contribution in [0.25, 0.3) is 0 Å². The summed E-state index contributed by atoms with van der Waals surface area (Å²) in [4.78, 5) is 14.4. The van der Waals surface area contributed by atoms with E-state index in [4.69, 9.17) is 0 Å². The Balaban J connectivity index is 2.00. The SMILES string of the molecule is Cc1cc(C)c(S(=O)(=O)NCCC(=O)N2CCNCC2C)c(C)c1. The van der Waals surface area contributed by atoms with Gasteiger partial charge in [0.25, 0.3) is 0 Å². The summed E-state index contributed by atoms with van der Waals surface area (Å²) in [5.41, 5.74) is 2.48. The molecule has 24 heavy (non-hydrogen) atoms. The summed E-state index contributed by atoms with van der Waals surface area (Å²) in [5.74, 6) is -0.0101. The Bertz CT molecular complexity index is 693. The van der Waals surface area contributed by atoms with Gasteiger partial charge in [-0.05, 0) is 38.8 Å². The van der Waals surface area contributed by atoms with Gasteiger partial charge in [0.2, 0.25) is 15.9 Å². The molecule has 0 spiro atoms. The second-order valence-electron chi connectivity index (χ2n) is 6.52. The van der Waals surface area contributed by atoms with Crippen molar-refractivity contribution in [1.82, 2.24) is 14.9 Å². The summed E-state index contributed by atoms with van der Waals surface area (Å²) in [6.07, 6.45) is 0.174. The van der Waals surface area contributed by atoms with Gasteiger partial charge in [-0.1, -0.05) is 17.7 Å².